The van der Waals surface area contributed by atoms with E-state index in [0.29, 0.717) is 16.9 Å². The summed E-state index contributed by atoms with van der Waals surface area (Å²) in [6.45, 7) is 3.41. The number of hydrogen-bond acceptors (Lipinski definition) is 4. The number of aliphatic hydroxyl groups is 1. The van der Waals surface area contributed by atoms with Crippen LogP contribution in [-0.2, 0) is 4.74 Å². The van der Waals surface area contributed by atoms with Crippen molar-refractivity contribution in [3.63, 3.8) is 0 Å². The van der Waals surface area contributed by atoms with Crippen molar-refractivity contribution in [1.29, 1.82) is 0 Å². The highest BCUT2D eigenvalue weighted by atomic mass is 35.5. The van der Waals surface area contributed by atoms with Crippen LogP contribution in [0.4, 0.5) is 0 Å². The average molecular weight is 262 g/mol. The van der Waals surface area contributed by atoms with Gasteiger partial charge in [-0.05, 0) is 25.5 Å². The molecule has 0 spiro atoms. The largest absolute Gasteiger partial charge is 0.386 e. The van der Waals surface area contributed by atoms with Crippen molar-refractivity contribution in [2.75, 3.05) is 13.2 Å². The van der Waals surface area contributed by atoms with Crippen molar-refractivity contribution in [2.24, 2.45) is 0 Å². The Labute approximate surface area is 104 Å². The number of hydrogen-bond donors (Lipinski definition) is 2. The molecular formula is C11H16ClNO2S. The normalized spacial score (nSPS) is 27.2. The van der Waals surface area contributed by atoms with Gasteiger partial charge in [0.2, 0.25) is 0 Å². The lowest BCUT2D eigenvalue weighted by atomic mass is 10.1. The first-order valence-electron chi connectivity index (χ1n) is 5.45. The van der Waals surface area contributed by atoms with Crippen LogP contribution in [0.3, 0.4) is 0 Å². The molecule has 0 saturated carbocycles. The second-order valence-electron chi connectivity index (χ2n) is 4.04. The summed E-state index contributed by atoms with van der Waals surface area (Å²) in [6.07, 6.45) is 0.767. The monoisotopic (exact) mass is 261 g/mol. The molecule has 2 heterocycles. The molecule has 0 aliphatic carbocycles. The van der Waals surface area contributed by atoms with Gasteiger partial charge >= 0.3 is 0 Å². The first kappa shape index (κ1) is 12.3. The lowest BCUT2D eigenvalue weighted by Crippen LogP contribution is -2.37. The lowest BCUT2D eigenvalue weighted by molar-refractivity contribution is 0.107. The third-order valence-electron chi connectivity index (χ3n) is 2.87. The molecule has 1 fully saturated rings. The smallest absolute Gasteiger partial charge is 0.101 e. The van der Waals surface area contributed by atoms with Crippen molar-refractivity contribution in [1.82, 2.24) is 5.32 Å². The van der Waals surface area contributed by atoms with E-state index in [1.807, 2.05) is 12.1 Å². The van der Waals surface area contributed by atoms with Gasteiger partial charge < -0.3 is 15.2 Å². The molecule has 1 aliphatic rings. The summed E-state index contributed by atoms with van der Waals surface area (Å²) in [4.78, 5) is 0.907. The molecule has 1 aromatic heterocycles. The zero-order chi connectivity index (χ0) is 11.5. The van der Waals surface area contributed by atoms with Crippen LogP contribution >= 0.6 is 22.9 Å². The Bertz CT molecular complexity index is 344. The maximum atomic E-state index is 9.93. The molecule has 3 atom stereocenters. The van der Waals surface area contributed by atoms with Gasteiger partial charge in [-0.25, -0.2) is 0 Å². The second-order valence-corrected chi connectivity index (χ2v) is 5.78. The molecule has 16 heavy (non-hydrogen) atoms. The van der Waals surface area contributed by atoms with E-state index in [-0.39, 0.29) is 6.10 Å². The molecule has 1 aromatic rings. The molecule has 2 rings (SSSR count). The molecule has 0 radical (unpaired) electrons. The van der Waals surface area contributed by atoms with Gasteiger partial charge in [0.1, 0.15) is 6.10 Å². The minimum absolute atomic E-state index is 0.235. The number of nitrogens with one attached hydrogen (secondary N) is 1. The fourth-order valence-electron chi connectivity index (χ4n) is 1.87. The van der Waals surface area contributed by atoms with E-state index >= 15 is 0 Å². The zero-order valence-electron chi connectivity index (χ0n) is 9.15. The highest BCUT2D eigenvalue weighted by molar-refractivity contribution is 7.16. The van der Waals surface area contributed by atoms with Gasteiger partial charge in [0.05, 0.1) is 10.4 Å². The summed E-state index contributed by atoms with van der Waals surface area (Å²) in [5, 5.41) is 13.3. The molecule has 3 nitrogen and oxygen atoms in total. The molecule has 0 amide bonds. The number of rotatable bonds is 4. The Morgan fingerprint density at radius 3 is 3.06 bits per heavy atom. The topological polar surface area (TPSA) is 41.5 Å². The van der Waals surface area contributed by atoms with E-state index < -0.39 is 6.10 Å². The van der Waals surface area contributed by atoms with Crippen LogP contribution in [-0.4, -0.2) is 30.4 Å². The van der Waals surface area contributed by atoms with Crippen molar-refractivity contribution in [2.45, 2.75) is 31.6 Å². The van der Waals surface area contributed by atoms with Crippen molar-refractivity contribution < 1.29 is 9.84 Å². The van der Waals surface area contributed by atoms with Crippen LogP contribution in [0.25, 0.3) is 0 Å². The lowest BCUT2D eigenvalue weighted by Gasteiger charge is -2.18. The summed E-state index contributed by atoms with van der Waals surface area (Å²) >= 11 is 7.25. The fraction of sp³-hybridized carbons (Fsp3) is 0.636. The van der Waals surface area contributed by atoms with Gasteiger partial charge in [-0.3, -0.25) is 0 Å². The predicted molar refractivity (Wildman–Crippen MR) is 66.1 cm³/mol. The minimum Gasteiger partial charge on any atom is -0.386 e. The maximum absolute atomic E-state index is 9.93. The van der Waals surface area contributed by atoms with Gasteiger partial charge in [0.25, 0.3) is 0 Å². The highest BCUT2D eigenvalue weighted by Gasteiger charge is 2.24. The van der Waals surface area contributed by atoms with Crippen LogP contribution < -0.4 is 5.32 Å². The van der Waals surface area contributed by atoms with Crippen molar-refractivity contribution >= 4 is 22.9 Å². The summed E-state index contributed by atoms with van der Waals surface area (Å²) in [7, 11) is 0. The summed E-state index contributed by atoms with van der Waals surface area (Å²) < 4.78 is 6.16. The zero-order valence-corrected chi connectivity index (χ0v) is 10.7. The van der Waals surface area contributed by atoms with E-state index in [2.05, 4.69) is 12.2 Å². The first-order valence-corrected chi connectivity index (χ1v) is 6.64. The van der Waals surface area contributed by atoms with Crippen LogP contribution in [0.2, 0.25) is 4.34 Å². The van der Waals surface area contributed by atoms with Gasteiger partial charge in [-0.2, -0.15) is 0 Å². The number of aliphatic hydroxyl groups excluding tert-OH is 1. The third kappa shape index (κ3) is 2.96. The molecule has 1 saturated heterocycles. The Morgan fingerprint density at radius 2 is 2.50 bits per heavy atom. The molecule has 0 bridgehead atoms. The van der Waals surface area contributed by atoms with E-state index in [0.717, 1.165) is 17.9 Å². The quantitative estimate of drug-likeness (QED) is 0.873. The van der Waals surface area contributed by atoms with E-state index in [1.165, 1.54) is 11.3 Å². The molecular weight excluding hydrogens is 246 g/mol. The Kier molecular flexibility index (Phi) is 4.21. The predicted octanol–water partition coefficient (Wildman–Crippen LogP) is 2.20. The van der Waals surface area contributed by atoms with Crippen LogP contribution in [0.1, 0.15) is 24.3 Å². The van der Waals surface area contributed by atoms with Gasteiger partial charge in [-0.15, -0.1) is 11.3 Å². The third-order valence-corrected chi connectivity index (χ3v) is 4.20. The Hall–Kier alpha value is -0.130. The van der Waals surface area contributed by atoms with Crippen LogP contribution in [0, 0.1) is 0 Å². The SMILES string of the molecule is CC1OCCC1NCC(O)c1ccc(Cl)s1. The Morgan fingerprint density at radius 1 is 1.69 bits per heavy atom. The number of thiophene rings is 1. The summed E-state index contributed by atoms with van der Waals surface area (Å²) in [5.41, 5.74) is 0. The number of ether oxygens (including phenoxy) is 1. The van der Waals surface area contributed by atoms with Crippen LogP contribution in [0.15, 0.2) is 12.1 Å². The Balaban J connectivity index is 1.81. The molecule has 5 heteroatoms. The first-order chi connectivity index (χ1) is 7.66. The molecule has 3 unspecified atom stereocenters. The molecule has 1 aliphatic heterocycles. The molecule has 2 N–H and O–H groups in total. The van der Waals surface area contributed by atoms with Gasteiger partial charge in [-0.1, -0.05) is 11.6 Å². The van der Waals surface area contributed by atoms with Crippen LogP contribution in [0.5, 0.6) is 0 Å². The summed E-state index contributed by atoms with van der Waals surface area (Å²) in [6, 6.07) is 4.03. The van der Waals surface area contributed by atoms with E-state index in [4.69, 9.17) is 16.3 Å². The summed E-state index contributed by atoms with van der Waals surface area (Å²) in [5.74, 6) is 0. The maximum Gasteiger partial charge on any atom is 0.101 e. The fourth-order valence-corrected chi connectivity index (χ4v) is 2.92. The average Bonchev–Trinajstić information content (AvgIpc) is 2.84. The van der Waals surface area contributed by atoms with Crippen molar-refractivity contribution in [3.8, 4) is 0 Å². The molecule has 90 valence electrons. The van der Waals surface area contributed by atoms with Crippen molar-refractivity contribution in [3.05, 3.63) is 21.3 Å². The molecule has 0 aromatic carbocycles. The second kappa shape index (κ2) is 5.47. The van der Waals surface area contributed by atoms with E-state index in [1.54, 1.807) is 0 Å². The minimum atomic E-state index is -0.481. The van der Waals surface area contributed by atoms with Gasteiger partial charge in [0.15, 0.2) is 0 Å². The standard InChI is InChI=1S/C11H16ClNO2S/c1-7-8(4-5-15-7)13-6-9(14)10-2-3-11(12)16-10/h2-3,7-9,13-14H,4-6H2,1H3. The highest BCUT2D eigenvalue weighted by Crippen LogP contribution is 2.26. The van der Waals surface area contributed by atoms with Gasteiger partial charge in [0, 0.05) is 24.1 Å². The van der Waals surface area contributed by atoms with E-state index in [9.17, 15) is 5.11 Å². The number of halogens is 1.